The van der Waals surface area contributed by atoms with Gasteiger partial charge in [-0.2, -0.15) is 0 Å². The van der Waals surface area contributed by atoms with Crippen LogP contribution in [0.25, 0.3) is 0 Å². The normalized spacial score (nSPS) is 37.8. The Hall–Kier alpha value is -0.0800. The van der Waals surface area contributed by atoms with Gasteiger partial charge in [0.1, 0.15) is 0 Å². The quantitative estimate of drug-likeness (QED) is 0.807. The van der Waals surface area contributed by atoms with Gasteiger partial charge in [0, 0.05) is 30.7 Å². The van der Waals surface area contributed by atoms with Crippen LogP contribution in [0.15, 0.2) is 0 Å². The lowest BCUT2D eigenvalue weighted by Gasteiger charge is -2.25. The van der Waals surface area contributed by atoms with Crippen molar-refractivity contribution < 1.29 is 0 Å². The summed E-state index contributed by atoms with van der Waals surface area (Å²) >= 11 is 0. The summed E-state index contributed by atoms with van der Waals surface area (Å²) in [5, 5.41) is 3.92. The van der Waals surface area contributed by atoms with Crippen molar-refractivity contribution >= 4 is 0 Å². The summed E-state index contributed by atoms with van der Waals surface area (Å²) in [5.74, 6) is 0.959. The molecule has 98 valence electrons. The Morgan fingerprint density at radius 1 is 1.12 bits per heavy atom. The number of rotatable bonds is 4. The molecule has 0 spiro atoms. The molecular formula is C15H28N2. The molecule has 0 radical (unpaired) electrons. The summed E-state index contributed by atoms with van der Waals surface area (Å²) in [5.41, 5.74) is 0. The molecule has 1 heterocycles. The summed E-state index contributed by atoms with van der Waals surface area (Å²) in [6, 6.07) is 3.27. The Balaban J connectivity index is 1.48. The van der Waals surface area contributed by atoms with Crippen molar-refractivity contribution in [2.45, 2.75) is 83.0 Å². The second kappa shape index (κ2) is 4.89. The Morgan fingerprint density at radius 3 is 2.47 bits per heavy atom. The van der Waals surface area contributed by atoms with Crippen LogP contribution in [0.5, 0.6) is 0 Å². The molecule has 0 aromatic heterocycles. The maximum absolute atomic E-state index is 3.92. The molecule has 17 heavy (non-hydrogen) atoms. The lowest BCUT2D eigenvalue weighted by molar-refractivity contribution is 0.251. The highest BCUT2D eigenvalue weighted by Gasteiger charge is 2.39. The highest BCUT2D eigenvalue weighted by atomic mass is 15.3. The first-order chi connectivity index (χ1) is 8.24. The zero-order valence-electron chi connectivity index (χ0n) is 11.5. The third-order valence-electron chi connectivity index (χ3n) is 5.24. The number of nitrogens with one attached hydrogen (secondary N) is 1. The monoisotopic (exact) mass is 236 g/mol. The molecule has 0 aromatic carbocycles. The fraction of sp³-hybridized carbons (Fsp3) is 1.00. The van der Waals surface area contributed by atoms with Crippen molar-refractivity contribution in [2.75, 3.05) is 6.54 Å². The van der Waals surface area contributed by atoms with E-state index in [1.54, 1.807) is 0 Å². The lowest BCUT2D eigenvalue weighted by Crippen LogP contribution is -2.42. The molecule has 1 aliphatic heterocycles. The SMILES string of the molecule is CC1CC(N[C@@H](C)C2CCCC2)CN1C1CC1. The van der Waals surface area contributed by atoms with Gasteiger partial charge in [0.2, 0.25) is 0 Å². The van der Waals surface area contributed by atoms with E-state index in [0.29, 0.717) is 0 Å². The average molecular weight is 236 g/mol. The van der Waals surface area contributed by atoms with Crippen LogP contribution in [0.1, 0.15) is 58.8 Å². The van der Waals surface area contributed by atoms with Gasteiger partial charge in [-0.15, -0.1) is 0 Å². The molecule has 0 amide bonds. The molecule has 2 heteroatoms. The molecule has 3 atom stereocenters. The van der Waals surface area contributed by atoms with Gasteiger partial charge in [0.25, 0.3) is 0 Å². The molecule has 0 aromatic rings. The van der Waals surface area contributed by atoms with Gasteiger partial charge in [0.15, 0.2) is 0 Å². The van der Waals surface area contributed by atoms with Crippen LogP contribution in [0.2, 0.25) is 0 Å². The molecule has 0 bridgehead atoms. The summed E-state index contributed by atoms with van der Waals surface area (Å²) < 4.78 is 0. The standard InChI is InChI=1S/C15H28N2/c1-11-9-14(10-17(11)15-7-8-15)16-12(2)13-5-3-4-6-13/h11-16H,3-10H2,1-2H3/t11?,12-,14?/m0/s1. The minimum absolute atomic E-state index is 0.744. The van der Waals surface area contributed by atoms with E-state index in [1.165, 1.54) is 51.5 Å². The molecule has 2 nitrogen and oxygen atoms in total. The highest BCUT2D eigenvalue weighted by molar-refractivity contribution is 4.97. The van der Waals surface area contributed by atoms with Crippen molar-refractivity contribution in [3.63, 3.8) is 0 Å². The van der Waals surface area contributed by atoms with Crippen molar-refractivity contribution in [1.29, 1.82) is 0 Å². The Labute approximate surface area is 106 Å². The van der Waals surface area contributed by atoms with Crippen LogP contribution in [0.4, 0.5) is 0 Å². The zero-order chi connectivity index (χ0) is 11.8. The summed E-state index contributed by atoms with van der Waals surface area (Å²) in [6.45, 7) is 6.14. The van der Waals surface area contributed by atoms with Crippen LogP contribution < -0.4 is 5.32 Å². The van der Waals surface area contributed by atoms with Gasteiger partial charge >= 0.3 is 0 Å². The number of nitrogens with zero attached hydrogens (tertiary/aromatic N) is 1. The Morgan fingerprint density at radius 2 is 1.82 bits per heavy atom. The minimum Gasteiger partial charge on any atom is -0.310 e. The van der Waals surface area contributed by atoms with Gasteiger partial charge in [0.05, 0.1) is 0 Å². The van der Waals surface area contributed by atoms with E-state index in [9.17, 15) is 0 Å². The van der Waals surface area contributed by atoms with Crippen molar-refractivity contribution in [3.8, 4) is 0 Å². The first-order valence-electron chi connectivity index (χ1n) is 7.76. The van der Waals surface area contributed by atoms with Crippen LogP contribution in [-0.4, -0.2) is 35.6 Å². The number of hydrogen-bond acceptors (Lipinski definition) is 2. The summed E-state index contributed by atoms with van der Waals surface area (Å²) in [7, 11) is 0. The van der Waals surface area contributed by atoms with Gasteiger partial charge in [-0.1, -0.05) is 12.8 Å². The van der Waals surface area contributed by atoms with Crippen LogP contribution in [0, 0.1) is 5.92 Å². The Bertz CT molecular complexity index is 256. The second-order valence-electron chi connectivity index (χ2n) is 6.71. The fourth-order valence-electron chi connectivity index (χ4n) is 4.06. The molecule has 1 saturated heterocycles. The average Bonchev–Trinajstić information content (AvgIpc) is 2.86. The maximum atomic E-state index is 3.92. The topological polar surface area (TPSA) is 15.3 Å². The summed E-state index contributed by atoms with van der Waals surface area (Å²) in [4.78, 5) is 2.75. The van der Waals surface area contributed by atoms with E-state index < -0.39 is 0 Å². The lowest BCUT2D eigenvalue weighted by atomic mass is 9.98. The molecule has 3 fully saturated rings. The second-order valence-corrected chi connectivity index (χ2v) is 6.71. The van der Waals surface area contributed by atoms with E-state index in [1.807, 2.05) is 0 Å². The van der Waals surface area contributed by atoms with Gasteiger partial charge in [-0.25, -0.2) is 0 Å². The zero-order valence-corrected chi connectivity index (χ0v) is 11.5. The van der Waals surface area contributed by atoms with Crippen molar-refractivity contribution in [2.24, 2.45) is 5.92 Å². The number of hydrogen-bond donors (Lipinski definition) is 1. The maximum Gasteiger partial charge on any atom is 0.0212 e. The highest BCUT2D eigenvalue weighted by Crippen LogP contribution is 2.34. The van der Waals surface area contributed by atoms with Crippen LogP contribution >= 0.6 is 0 Å². The minimum atomic E-state index is 0.744. The van der Waals surface area contributed by atoms with E-state index in [-0.39, 0.29) is 0 Å². The number of likely N-dealkylation sites (tertiary alicyclic amines) is 1. The molecule has 2 unspecified atom stereocenters. The van der Waals surface area contributed by atoms with E-state index in [4.69, 9.17) is 0 Å². The smallest absolute Gasteiger partial charge is 0.0212 e. The van der Waals surface area contributed by atoms with E-state index in [2.05, 4.69) is 24.1 Å². The van der Waals surface area contributed by atoms with E-state index in [0.717, 1.165) is 30.1 Å². The largest absolute Gasteiger partial charge is 0.310 e. The first-order valence-corrected chi connectivity index (χ1v) is 7.76. The third-order valence-corrected chi connectivity index (χ3v) is 5.24. The van der Waals surface area contributed by atoms with Gasteiger partial charge < -0.3 is 5.32 Å². The molecule has 2 saturated carbocycles. The molecule has 3 aliphatic rings. The Kier molecular flexibility index (Phi) is 3.45. The molecule has 2 aliphatic carbocycles. The van der Waals surface area contributed by atoms with Gasteiger partial charge in [-0.05, 0) is 51.9 Å². The molecule has 1 N–H and O–H groups in total. The van der Waals surface area contributed by atoms with Crippen molar-refractivity contribution in [3.05, 3.63) is 0 Å². The predicted molar refractivity (Wildman–Crippen MR) is 72.2 cm³/mol. The third kappa shape index (κ3) is 2.68. The van der Waals surface area contributed by atoms with Crippen LogP contribution in [-0.2, 0) is 0 Å². The van der Waals surface area contributed by atoms with Crippen molar-refractivity contribution in [1.82, 2.24) is 10.2 Å². The first kappa shape index (κ1) is 12.0. The van der Waals surface area contributed by atoms with Crippen LogP contribution in [0.3, 0.4) is 0 Å². The predicted octanol–water partition coefficient (Wildman–Crippen LogP) is 2.78. The van der Waals surface area contributed by atoms with Gasteiger partial charge in [-0.3, -0.25) is 4.90 Å². The molecule has 3 rings (SSSR count). The molecular weight excluding hydrogens is 208 g/mol. The fourth-order valence-corrected chi connectivity index (χ4v) is 4.06. The summed E-state index contributed by atoms with van der Waals surface area (Å²) in [6.07, 6.45) is 10.1. The van der Waals surface area contributed by atoms with E-state index >= 15 is 0 Å².